The van der Waals surface area contributed by atoms with Crippen molar-refractivity contribution in [2.45, 2.75) is 6.42 Å². The summed E-state index contributed by atoms with van der Waals surface area (Å²) in [6.07, 6.45) is 0.812. The molecule has 132 valence electrons. The summed E-state index contributed by atoms with van der Waals surface area (Å²) < 4.78 is 13.6. The Kier molecular flexibility index (Phi) is 6.59. The average Bonchev–Trinajstić information content (AvgIpc) is 2.60. The lowest BCUT2D eigenvalue weighted by Gasteiger charge is -2.10. The van der Waals surface area contributed by atoms with E-state index in [9.17, 15) is 14.0 Å². The van der Waals surface area contributed by atoms with E-state index in [2.05, 4.69) is 15.6 Å². The monoisotopic (exact) mass is 344 g/mol. The molecule has 2 rings (SSSR count). The number of hydrogen-bond donors (Lipinski definition) is 2. The lowest BCUT2D eigenvalue weighted by Crippen LogP contribution is -2.28. The highest BCUT2D eigenvalue weighted by molar-refractivity contribution is 6.03. The number of benzene rings is 1. The minimum atomic E-state index is -0.577. The van der Waals surface area contributed by atoms with Gasteiger partial charge in [0.2, 0.25) is 0 Å². The summed E-state index contributed by atoms with van der Waals surface area (Å²) in [7, 11) is 3.92. The van der Waals surface area contributed by atoms with Crippen LogP contribution in [0.15, 0.2) is 42.5 Å². The van der Waals surface area contributed by atoms with Gasteiger partial charge in [0.1, 0.15) is 17.2 Å². The van der Waals surface area contributed by atoms with Gasteiger partial charge in [0.25, 0.3) is 11.8 Å². The van der Waals surface area contributed by atoms with Crippen molar-refractivity contribution in [2.24, 2.45) is 0 Å². The predicted octanol–water partition coefficient (Wildman–Crippen LogP) is 2.15. The maximum Gasteiger partial charge on any atom is 0.274 e. The van der Waals surface area contributed by atoms with Gasteiger partial charge in [0.05, 0.1) is 5.69 Å². The van der Waals surface area contributed by atoms with E-state index in [0.29, 0.717) is 6.54 Å². The Hall–Kier alpha value is -2.80. The average molecular weight is 344 g/mol. The van der Waals surface area contributed by atoms with E-state index in [0.717, 1.165) is 13.0 Å². The Morgan fingerprint density at radius 1 is 1.04 bits per heavy atom. The summed E-state index contributed by atoms with van der Waals surface area (Å²) >= 11 is 0. The molecule has 1 heterocycles. The fourth-order valence-electron chi connectivity index (χ4n) is 2.12. The summed E-state index contributed by atoms with van der Waals surface area (Å²) in [5.41, 5.74) is 0.253. The molecule has 2 amide bonds. The number of amides is 2. The van der Waals surface area contributed by atoms with Crippen LogP contribution in [0.4, 0.5) is 10.1 Å². The molecule has 0 saturated heterocycles. The van der Waals surface area contributed by atoms with Gasteiger partial charge in [0.15, 0.2) is 0 Å². The van der Waals surface area contributed by atoms with Crippen LogP contribution in [0.2, 0.25) is 0 Å². The molecule has 0 bridgehead atoms. The number of anilines is 1. The van der Waals surface area contributed by atoms with E-state index >= 15 is 0 Å². The van der Waals surface area contributed by atoms with Crippen LogP contribution in [0.1, 0.15) is 27.4 Å². The molecule has 6 nitrogen and oxygen atoms in total. The quantitative estimate of drug-likeness (QED) is 0.755. The van der Waals surface area contributed by atoms with Crippen LogP contribution in [0.5, 0.6) is 0 Å². The fraction of sp³-hybridized carbons (Fsp3) is 0.278. The molecule has 0 atom stereocenters. The van der Waals surface area contributed by atoms with Gasteiger partial charge in [-0.15, -0.1) is 0 Å². The molecule has 0 spiro atoms. The van der Waals surface area contributed by atoms with E-state index in [1.807, 2.05) is 19.0 Å². The van der Waals surface area contributed by atoms with Gasteiger partial charge in [-0.05, 0) is 51.3 Å². The van der Waals surface area contributed by atoms with Crippen LogP contribution >= 0.6 is 0 Å². The van der Waals surface area contributed by atoms with E-state index in [1.54, 1.807) is 12.1 Å². The third-order valence-corrected chi connectivity index (χ3v) is 3.40. The van der Waals surface area contributed by atoms with Crippen molar-refractivity contribution in [3.8, 4) is 0 Å². The molecule has 0 radical (unpaired) electrons. The van der Waals surface area contributed by atoms with Crippen molar-refractivity contribution in [3.63, 3.8) is 0 Å². The van der Waals surface area contributed by atoms with Crippen LogP contribution in [0.3, 0.4) is 0 Å². The molecule has 1 aromatic carbocycles. The van der Waals surface area contributed by atoms with Crippen molar-refractivity contribution in [1.82, 2.24) is 15.2 Å². The Morgan fingerprint density at radius 2 is 1.72 bits per heavy atom. The maximum atomic E-state index is 13.6. The third-order valence-electron chi connectivity index (χ3n) is 3.40. The Bertz CT molecular complexity index is 749. The van der Waals surface area contributed by atoms with Gasteiger partial charge < -0.3 is 15.5 Å². The molecule has 0 aliphatic heterocycles. The SMILES string of the molecule is CN(C)CCCNC(=O)c1cccc(C(=O)Nc2ccccc2F)n1. The molecular formula is C18H21FN4O2. The first-order valence-electron chi connectivity index (χ1n) is 7.93. The summed E-state index contributed by atoms with van der Waals surface area (Å²) in [4.78, 5) is 30.4. The number of aromatic nitrogens is 1. The minimum Gasteiger partial charge on any atom is -0.351 e. The zero-order valence-electron chi connectivity index (χ0n) is 14.3. The summed E-state index contributed by atoms with van der Waals surface area (Å²) in [5, 5.41) is 5.20. The first-order valence-corrected chi connectivity index (χ1v) is 7.93. The number of rotatable bonds is 7. The van der Waals surface area contributed by atoms with Crippen LogP contribution < -0.4 is 10.6 Å². The van der Waals surface area contributed by atoms with Gasteiger partial charge in [0, 0.05) is 6.54 Å². The van der Waals surface area contributed by atoms with Gasteiger partial charge >= 0.3 is 0 Å². The number of hydrogen-bond acceptors (Lipinski definition) is 4. The largest absolute Gasteiger partial charge is 0.351 e. The van der Waals surface area contributed by atoms with Gasteiger partial charge in [-0.25, -0.2) is 9.37 Å². The standard InChI is InChI=1S/C18H21FN4O2/c1-23(2)12-6-11-20-17(24)15-9-5-10-16(21-15)18(25)22-14-8-4-3-7-13(14)19/h3-5,7-10H,6,11-12H2,1-2H3,(H,20,24)(H,22,25). The zero-order valence-corrected chi connectivity index (χ0v) is 14.3. The van der Waals surface area contributed by atoms with E-state index in [1.165, 1.54) is 30.3 Å². The van der Waals surface area contributed by atoms with Gasteiger partial charge in [-0.3, -0.25) is 9.59 Å². The fourth-order valence-corrected chi connectivity index (χ4v) is 2.12. The second-order valence-corrected chi connectivity index (χ2v) is 5.75. The molecule has 0 aliphatic carbocycles. The van der Waals surface area contributed by atoms with E-state index in [-0.39, 0.29) is 23.0 Å². The summed E-state index contributed by atoms with van der Waals surface area (Å²) in [6.45, 7) is 1.38. The van der Waals surface area contributed by atoms with Crippen LogP contribution in [0, 0.1) is 5.82 Å². The second-order valence-electron chi connectivity index (χ2n) is 5.75. The summed E-state index contributed by atoms with van der Waals surface area (Å²) in [6, 6.07) is 10.4. The second kappa shape index (κ2) is 8.89. The predicted molar refractivity (Wildman–Crippen MR) is 94.1 cm³/mol. The number of carbonyl (C=O) groups excluding carboxylic acids is 2. The van der Waals surface area contributed by atoms with Crippen molar-refractivity contribution < 1.29 is 14.0 Å². The molecule has 1 aromatic heterocycles. The molecule has 0 aliphatic rings. The normalized spacial score (nSPS) is 10.6. The van der Waals surface area contributed by atoms with Gasteiger partial charge in [-0.2, -0.15) is 0 Å². The van der Waals surface area contributed by atoms with Crippen molar-refractivity contribution in [2.75, 3.05) is 32.5 Å². The number of carbonyl (C=O) groups is 2. The van der Waals surface area contributed by atoms with Crippen molar-refractivity contribution >= 4 is 17.5 Å². The molecule has 7 heteroatoms. The van der Waals surface area contributed by atoms with E-state index in [4.69, 9.17) is 0 Å². The maximum absolute atomic E-state index is 13.6. The van der Waals surface area contributed by atoms with Crippen LogP contribution in [0.25, 0.3) is 0 Å². The topological polar surface area (TPSA) is 74.3 Å². The van der Waals surface area contributed by atoms with Gasteiger partial charge in [-0.1, -0.05) is 18.2 Å². The smallest absolute Gasteiger partial charge is 0.274 e. The minimum absolute atomic E-state index is 0.0456. The number of pyridine rings is 1. The number of halogens is 1. The van der Waals surface area contributed by atoms with Crippen LogP contribution in [-0.4, -0.2) is 48.9 Å². The number of nitrogens with zero attached hydrogens (tertiary/aromatic N) is 2. The van der Waals surface area contributed by atoms with Crippen molar-refractivity contribution in [1.29, 1.82) is 0 Å². The van der Waals surface area contributed by atoms with E-state index < -0.39 is 11.7 Å². The highest BCUT2D eigenvalue weighted by Crippen LogP contribution is 2.13. The molecule has 0 fully saturated rings. The third kappa shape index (κ3) is 5.65. The zero-order chi connectivity index (χ0) is 18.2. The lowest BCUT2D eigenvalue weighted by molar-refractivity contribution is 0.0947. The Morgan fingerprint density at radius 3 is 2.40 bits per heavy atom. The molecule has 2 aromatic rings. The molecular weight excluding hydrogens is 323 g/mol. The van der Waals surface area contributed by atoms with Crippen molar-refractivity contribution in [3.05, 3.63) is 59.7 Å². The molecule has 0 unspecified atom stereocenters. The Balaban J connectivity index is 1.99. The highest BCUT2D eigenvalue weighted by atomic mass is 19.1. The first-order chi connectivity index (χ1) is 12.0. The molecule has 25 heavy (non-hydrogen) atoms. The highest BCUT2D eigenvalue weighted by Gasteiger charge is 2.13. The number of nitrogens with one attached hydrogen (secondary N) is 2. The Labute approximate surface area is 146 Å². The molecule has 0 saturated carbocycles. The lowest BCUT2D eigenvalue weighted by atomic mass is 10.2. The van der Waals surface area contributed by atoms with Crippen LogP contribution in [-0.2, 0) is 0 Å². The number of para-hydroxylation sites is 1. The summed E-state index contributed by atoms with van der Waals surface area (Å²) in [5.74, 6) is -1.46. The molecule has 2 N–H and O–H groups in total. The first kappa shape index (κ1) is 18.5.